The number of benzene rings is 1. The van der Waals surface area contributed by atoms with Gasteiger partial charge in [-0.15, -0.1) is 0 Å². The number of aryl methyl sites for hydroxylation is 1. The molecule has 0 spiro atoms. The molecule has 1 fully saturated rings. The zero-order chi connectivity index (χ0) is 21.7. The summed E-state index contributed by atoms with van der Waals surface area (Å²) in [7, 11) is -1.68. The van der Waals surface area contributed by atoms with Gasteiger partial charge in [-0.25, -0.2) is 8.99 Å². The summed E-state index contributed by atoms with van der Waals surface area (Å²) in [5.74, 6) is 0.655. The molecular formula is C22H25N5O2S. The van der Waals surface area contributed by atoms with Crippen LogP contribution in [0.3, 0.4) is 0 Å². The van der Waals surface area contributed by atoms with E-state index in [-0.39, 0.29) is 5.56 Å². The van der Waals surface area contributed by atoms with Crippen molar-refractivity contribution in [2.75, 3.05) is 11.9 Å². The molecule has 1 aromatic carbocycles. The molecule has 2 aromatic heterocycles. The Morgan fingerprint density at radius 3 is 2.73 bits per heavy atom. The fourth-order valence-electron chi connectivity index (χ4n) is 3.50. The second-order valence-corrected chi connectivity index (χ2v) is 11.0. The van der Waals surface area contributed by atoms with E-state index in [1.165, 1.54) is 31.3 Å². The van der Waals surface area contributed by atoms with Crippen LogP contribution in [-0.4, -0.2) is 25.1 Å². The number of nitrogens with zero attached hydrogens (tertiary/aromatic N) is 2. The largest absolute Gasteiger partial charge is 0.384 e. The summed E-state index contributed by atoms with van der Waals surface area (Å²) in [6.45, 7) is 3.89. The van der Waals surface area contributed by atoms with Crippen LogP contribution in [0.2, 0.25) is 0 Å². The van der Waals surface area contributed by atoms with Crippen LogP contribution in [0.1, 0.15) is 26.7 Å². The van der Waals surface area contributed by atoms with Crippen molar-refractivity contribution in [3.8, 4) is 17.2 Å². The smallest absolute Gasteiger partial charge is 0.274 e. The van der Waals surface area contributed by atoms with Gasteiger partial charge in [0.05, 0.1) is 15.8 Å². The number of nitriles is 1. The van der Waals surface area contributed by atoms with Crippen molar-refractivity contribution < 1.29 is 4.21 Å². The maximum absolute atomic E-state index is 13.3. The van der Waals surface area contributed by atoms with Crippen LogP contribution in [0.25, 0.3) is 22.0 Å². The SMILES string of the molecule is Cn1cc(-c2cc(S(=N)(=O)C(C)(C)C#N)ccc2NCC2CC2)c2cc[nH]c2c1=O. The maximum atomic E-state index is 13.3. The van der Waals surface area contributed by atoms with Crippen molar-refractivity contribution in [3.63, 3.8) is 0 Å². The standard InChI is InChI=1S/C22H25N5O2S/c1-22(2,13-23)30(24,29)15-6-7-19(26-11-14-4-5-14)17(10-15)18-12-27(3)21(28)20-16(18)8-9-25-20/h6-10,12,14,24-26H,4-5,11H2,1-3H3. The van der Waals surface area contributed by atoms with Crippen LogP contribution in [-0.2, 0) is 16.8 Å². The van der Waals surface area contributed by atoms with Crippen molar-refractivity contribution in [1.82, 2.24) is 9.55 Å². The lowest BCUT2D eigenvalue weighted by molar-refractivity contribution is 0.654. The van der Waals surface area contributed by atoms with E-state index in [1.54, 1.807) is 31.6 Å². The number of anilines is 1. The minimum atomic E-state index is -3.38. The lowest BCUT2D eigenvalue weighted by Gasteiger charge is -2.22. The molecule has 0 radical (unpaired) electrons. The van der Waals surface area contributed by atoms with E-state index in [0.717, 1.165) is 28.7 Å². The minimum absolute atomic E-state index is 0.128. The van der Waals surface area contributed by atoms with Gasteiger partial charge in [0.25, 0.3) is 5.56 Å². The van der Waals surface area contributed by atoms with Gasteiger partial charge in [0.2, 0.25) is 0 Å². The van der Waals surface area contributed by atoms with Crippen LogP contribution in [0.15, 0.2) is 46.3 Å². The molecule has 0 aliphatic heterocycles. The third-order valence-electron chi connectivity index (χ3n) is 5.77. The Balaban J connectivity index is 1.95. The number of nitrogens with one attached hydrogen (secondary N) is 3. The van der Waals surface area contributed by atoms with Crippen molar-refractivity contribution >= 4 is 26.3 Å². The van der Waals surface area contributed by atoms with Crippen LogP contribution >= 0.6 is 0 Å². The third-order valence-corrected chi connectivity index (χ3v) is 8.22. The number of hydrogen-bond acceptors (Lipinski definition) is 5. The molecule has 4 rings (SSSR count). The van der Waals surface area contributed by atoms with Crippen molar-refractivity contribution in [1.29, 1.82) is 10.0 Å². The quantitative estimate of drug-likeness (QED) is 0.554. The summed E-state index contributed by atoms with van der Waals surface area (Å²) < 4.78 is 22.0. The fraction of sp³-hybridized carbons (Fsp3) is 0.364. The molecule has 7 nitrogen and oxygen atoms in total. The predicted molar refractivity (Wildman–Crippen MR) is 119 cm³/mol. The molecule has 0 saturated heterocycles. The molecule has 0 bridgehead atoms. The second kappa shape index (κ2) is 7.03. The molecule has 1 unspecified atom stereocenters. The Morgan fingerprint density at radius 1 is 1.33 bits per heavy atom. The van der Waals surface area contributed by atoms with E-state index in [1.807, 2.05) is 18.2 Å². The Hall–Kier alpha value is -3.05. The summed E-state index contributed by atoms with van der Waals surface area (Å²) in [5.41, 5.74) is 2.80. The highest BCUT2D eigenvalue weighted by atomic mass is 32.2. The maximum Gasteiger partial charge on any atom is 0.274 e. The van der Waals surface area contributed by atoms with Crippen LogP contribution in [0, 0.1) is 22.0 Å². The van der Waals surface area contributed by atoms with Crippen molar-refractivity contribution in [3.05, 3.63) is 47.0 Å². The van der Waals surface area contributed by atoms with E-state index in [4.69, 9.17) is 4.78 Å². The van der Waals surface area contributed by atoms with E-state index < -0.39 is 14.5 Å². The molecule has 3 N–H and O–H groups in total. The van der Waals surface area contributed by atoms with Gasteiger partial charge >= 0.3 is 0 Å². The summed E-state index contributed by atoms with van der Waals surface area (Å²) in [4.78, 5) is 15.8. The van der Waals surface area contributed by atoms with Crippen molar-refractivity contribution in [2.45, 2.75) is 36.3 Å². The molecule has 156 valence electrons. The number of aromatic amines is 1. The van der Waals surface area contributed by atoms with Gasteiger partial charge in [0, 0.05) is 53.1 Å². The molecule has 1 atom stereocenters. The van der Waals surface area contributed by atoms with Gasteiger partial charge in [0.1, 0.15) is 10.3 Å². The van der Waals surface area contributed by atoms with E-state index in [9.17, 15) is 14.3 Å². The summed E-state index contributed by atoms with van der Waals surface area (Å²) in [6, 6.07) is 9.10. The van der Waals surface area contributed by atoms with Crippen LogP contribution in [0.4, 0.5) is 5.69 Å². The summed E-state index contributed by atoms with van der Waals surface area (Å²) in [6.07, 6.45) is 5.91. The first kappa shape index (κ1) is 20.2. The summed E-state index contributed by atoms with van der Waals surface area (Å²) >= 11 is 0. The molecule has 2 heterocycles. The number of pyridine rings is 1. The lowest BCUT2D eigenvalue weighted by Crippen LogP contribution is -2.29. The first-order chi connectivity index (χ1) is 14.2. The topological polar surface area (TPSA) is 115 Å². The molecule has 0 amide bonds. The van der Waals surface area contributed by atoms with Gasteiger partial charge in [-0.05, 0) is 56.9 Å². The van der Waals surface area contributed by atoms with E-state index in [0.29, 0.717) is 16.3 Å². The van der Waals surface area contributed by atoms with Crippen molar-refractivity contribution in [2.24, 2.45) is 13.0 Å². The molecule has 8 heteroatoms. The zero-order valence-electron chi connectivity index (χ0n) is 17.3. The van der Waals surface area contributed by atoms with E-state index >= 15 is 0 Å². The van der Waals surface area contributed by atoms with Crippen LogP contribution < -0.4 is 10.9 Å². The average Bonchev–Trinajstić information content (AvgIpc) is 3.42. The highest BCUT2D eigenvalue weighted by Crippen LogP contribution is 2.37. The van der Waals surface area contributed by atoms with Gasteiger partial charge in [-0.2, -0.15) is 5.26 Å². The van der Waals surface area contributed by atoms with Gasteiger partial charge in [-0.3, -0.25) is 4.79 Å². The first-order valence-corrected chi connectivity index (χ1v) is 11.5. The Bertz CT molecular complexity index is 1340. The Morgan fingerprint density at radius 2 is 2.07 bits per heavy atom. The third kappa shape index (κ3) is 3.29. The number of aromatic nitrogens is 2. The minimum Gasteiger partial charge on any atom is -0.384 e. The molecule has 1 saturated carbocycles. The summed E-state index contributed by atoms with van der Waals surface area (Å²) in [5, 5.41) is 13.7. The van der Waals surface area contributed by atoms with Gasteiger partial charge in [-0.1, -0.05) is 0 Å². The van der Waals surface area contributed by atoms with E-state index in [2.05, 4.69) is 10.3 Å². The Kier molecular flexibility index (Phi) is 4.74. The number of rotatable bonds is 6. The van der Waals surface area contributed by atoms with Crippen LogP contribution in [0.5, 0.6) is 0 Å². The highest BCUT2D eigenvalue weighted by Gasteiger charge is 2.33. The lowest BCUT2D eigenvalue weighted by atomic mass is 10.0. The van der Waals surface area contributed by atoms with Gasteiger partial charge in [0.15, 0.2) is 0 Å². The molecule has 1 aliphatic carbocycles. The molecular weight excluding hydrogens is 398 g/mol. The fourth-order valence-corrected chi connectivity index (χ4v) is 4.76. The normalized spacial score (nSPS) is 16.2. The predicted octanol–water partition coefficient (Wildman–Crippen LogP) is 4.06. The molecule has 3 aromatic rings. The zero-order valence-corrected chi connectivity index (χ0v) is 18.1. The average molecular weight is 424 g/mol. The number of H-pyrrole nitrogens is 1. The Labute approximate surface area is 175 Å². The molecule has 30 heavy (non-hydrogen) atoms. The monoisotopic (exact) mass is 423 g/mol. The second-order valence-electron chi connectivity index (χ2n) is 8.44. The number of fused-ring (bicyclic) bond motifs is 1. The number of hydrogen-bond donors (Lipinski definition) is 3. The highest BCUT2D eigenvalue weighted by molar-refractivity contribution is 7.94. The first-order valence-electron chi connectivity index (χ1n) is 9.90. The molecule has 1 aliphatic rings. The van der Waals surface area contributed by atoms with Gasteiger partial charge < -0.3 is 14.9 Å².